The maximum atomic E-state index is 5.96. The molecule has 0 aliphatic heterocycles. The quantitative estimate of drug-likeness (QED) is 0.127. The Bertz CT molecular complexity index is 267. The van der Waals surface area contributed by atoms with Crippen LogP contribution < -0.4 is 11.1 Å². The maximum absolute atomic E-state index is 5.96. The van der Waals surface area contributed by atoms with Crippen LogP contribution in [-0.2, 0) is 0 Å². The molecule has 0 bridgehead atoms. The molecular formula is C26H56N2. The molecule has 170 valence electrons. The molecule has 1 atom stereocenters. The first kappa shape index (κ1) is 27.9. The highest BCUT2D eigenvalue weighted by Gasteiger charge is 1.98. The minimum absolute atomic E-state index is 0.213. The summed E-state index contributed by atoms with van der Waals surface area (Å²) < 4.78 is 0. The SMILES string of the molecule is CCCCCCCCCCCCCCCCCCCCCCNC(N)CCC. The molecule has 0 aromatic heterocycles. The van der Waals surface area contributed by atoms with E-state index in [2.05, 4.69) is 19.2 Å². The van der Waals surface area contributed by atoms with E-state index in [1.54, 1.807) is 0 Å². The number of rotatable bonds is 24. The van der Waals surface area contributed by atoms with Crippen molar-refractivity contribution in [1.82, 2.24) is 5.32 Å². The lowest BCUT2D eigenvalue weighted by molar-refractivity contribution is 0.470. The standard InChI is InChI=1S/C26H56N2/c1-3-5-6-7-8-9-10-11-12-13-14-15-16-17-18-19-20-21-22-23-25-28-26(27)24-4-2/h26,28H,3-25,27H2,1-2H3. The van der Waals surface area contributed by atoms with Crippen molar-refractivity contribution in [3.05, 3.63) is 0 Å². The molecule has 28 heavy (non-hydrogen) atoms. The van der Waals surface area contributed by atoms with E-state index in [-0.39, 0.29) is 6.17 Å². The van der Waals surface area contributed by atoms with Crippen LogP contribution in [0.3, 0.4) is 0 Å². The van der Waals surface area contributed by atoms with E-state index in [1.807, 2.05) is 0 Å². The van der Waals surface area contributed by atoms with Gasteiger partial charge in [0.05, 0.1) is 6.17 Å². The van der Waals surface area contributed by atoms with E-state index in [0.717, 1.165) is 13.0 Å². The number of nitrogens with two attached hydrogens (primary N) is 1. The van der Waals surface area contributed by atoms with E-state index < -0.39 is 0 Å². The molecule has 0 aromatic carbocycles. The normalized spacial score (nSPS) is 12.5. The lowest BCUT2D eigenvalue weighted by Gasteiger charge is -2.12. The summed E-state index contributed by atoms with van der Waals surface area (Å²) in [7, 11) is 0. The van der Waals surface area contributed by atoms with Crippen LogP contribution in [0.4, 0.5) is 0 Å². The van der Waals surface area contributed by atoms with Gasteiger partial charge in [-0.1, -0.05) is 142 Å². The molecule has 2 nitrogen and oxygen atoms in total. The van der Waals surface area contributed by atoms with Crippen LogP contribution in [0.5, 0.6) is 0 Å². The highest BCUT2D eigenvalue weighted by Crippen LogP contribution is 2.14. The van der Waals surface area contributed by atoms with Crippen molar-refractivity contribution in [3.8, 4) is 0 Å². The van der Waals surface area contributed by atoms with E-state index in [0.29, 0.717) is 0 Å². The Labute approximate surface area is 179 Å². The number of hydrogen-bond acceptors (Lipinski definition) is 2. The zero-order valence-corrected chi connectivity index (χ0v) is 19.9. The minimum atomic E-state index is 0.213. The average Bonchev–Trinajstić information content (AvgIpc) is 2.69. The fourth-order valence-corrected chi connectivity index (χ4v) is 4.08. The Morgan fingerprint density at radius 2 is 0.786 bits per heavy atom. The zero-order valence-electron chi connectivity index (χ0n) is 19.9. The number of unbranched alkanes of at least 4 members (excludes halogenated alkanes) is 19. The molecule has 0 radical (unpaired) electrons. The van der Waals surface area contributed by atoms with Crippen molar-refractivity contribution in [2.75, 3.05) is 6.54 Å². The van der Waals surface area contributed by atoms with Crippen molar-refractivity contribution in [3.63, 3.8) is 0 Å². The Morgan fingerprint density at radius 1 is 0.464 bits per heavy atom. The third kappa shape index (κ3) is 24.0. The summed E-state index contributed by atoms with van der Waals surface area (Å²) in [5.74, 6) is 0. The maximum Gasteiger partial charge on any atom is 0.0546 e. The Balaban J connectivity index is 3.01. The van der Waals surface area contributed by atoms with E-state index in [4.69, 9.17) is 5.73 Å². The van der Waals surface area contributed by atoms with E-state index >= 15 is 0 Å². The van der Waals surface area contributed by atoms with Crippen LogP contribution in [0.15, 0.2) is 0 Å². The van der Waals surface area contributed by atoms with Gasteiger partial charge >= 0.3 is 0 Å². The Morgan fingerprint density at radius 3 is 1.11 bits per heavy atom. The summed E-state index contributed by atoms with van der Waals surface area (Å²) in [5.41, 5.74) is 5.96. The predicted molar refractivity (Wildman–Crippen MR) is 129 cm³/mol. The van der Waals surface area contributed by atoms with Gasteiger partial charge in [-0.05, 0) is 19.4 Å². The van der Waals surface area contributed by atoms with Gasteiger partial charge in [0.1, 0.15) is 0 Å². The molecule has 0 aromatic rings. The topological polar surface area (TPSA) is 38.0 Å². The summed E-state index contributed by atoms with van der Waals surface area (Å²) in [6.45, 7) is 5.59. The first-order valence-corrected chi connectivity index (χ1v) is 13.3. The van der Waals surface area contributed by atoms with E-state index in [1.165, 1.54) is 135 Å². The van der Waals surface area contributed by atoms with Crippen molar-refractivity contribution in [2.24, 2.45) is 5.73 Å². The van der Waals surface area contributed by atoms with Crippen LogP contribution in [0, 0.1) is 0 Å². The van der Waals surface area contributed by atoms with Crippen LogP contribution in [0.1, 0.15) is 155 Å². The summed E-state index contributed by atoms with van der Waals surface area (Å²) >= 11 is 0. The van der Waals surface area contributed by atoms with Gasteiger partial charge < -0.3 is 11.1 Å². The largest absolute Gasteiger partial charge is 0.316 e. The second-order valence-corrected chi connectivity index (χ2v) is 9.07. The van der Waals surface area contributed by atoms with Crippen LogP contribution in [-0.4, -0.2) is 12.7 Å². The fraction of sp³-hybridized carbons (Fsp3) is 1.00. The number of nitrogens with one attached hydrogen (secondary N) is 1. The van der Waals surface area contributed by atoms with Gasteiger partial charge in [-0.3, -0.25) is 0 Å². The summed E-state index contributed by atoms with van der Waals surface area (Å²) in [5, 5.41) is 3.42. The Hall–Kier alpha value is -0.0800. The second-order valence-electron chi connectivity index (χ2n) is 9.07. The van der Waals surface area contributed by atoms with Gasteiger partial charge in [0, 0.05) is 0 Å². The smallest absolute Gasteiger partial charge is 0.0546 e. The van der Waals surface area contributed by atoms with Gasteiger partial charge in [-0.2, -0.15) is 0 Å². The molecule has 0 aliphatic rings. The van der Waals surface area contributed by atoms with Crippen molar-refractivity contribution in [2.45, 2.75) is 161 Å². The minimum Gasteiger partial charge on any atom is -0.316 e. The molecule has 0 saturated carbocycles. The number of hydrogen-bond donors (Lipinski definition) is 2. The highest BCUT2D eigenvalue weighted by molar-refractivity contribution is 4.58. The molecule has 0 heterocycles. The first-order valence-electron chi connectivity index (χ1n) is 13.3. The summed E-state index contributed by atoms with van der Waals surface area (Å²) in [6.07, 6.45) is 31.4. The lowest BCUT2D eigenvalue weighted by Crippen LogP contribution is -2.37. The Kier molecular flexibility index (Phi) is 24.9. The predicted octanol–water partition coefficient (Wildman–Crippen LogP) is 8.48. The molecule has 0 rings (SSSR count). The third-order valence-corrected chi connectivity index (χ3v) is 6.04. The molecule has 0 aliphatic carbocycles. The molecule has 0 amide bonds. The molecule has 2 heteroatoms. The summed E-state index contributed by atoms with van der Waals surface area (Å²) in [4.78, 5) is 0. The van der Waals surface area contributed by atoms with Crippen molar-refractivity contribution < 1.29 is 0 Å². The highest BCUT2D eigenvalue weighted by atomic mass is 15.0. The molecule has 0 spiro atoms. The molecular weight excluding hydrogens is 340 g/mol. The lowest BCUT2D eigenvalue weighted by atomic mass is 10.0. The van der Waals surface area contributed by atoms with Crippen molar-refractivity contribution in [1.29, 1.82) is 0 Å². The first-order chi connectivity index (χ1) is 13.8. The van der Waals surface area contributed by atoms with Gasteiger partial charge in [-0.15, -0.1) is 0 Å². The second kappa shape index (κ2) is 25.0. The molecule has 3 N–H and O–H groups in total. The zero-order chi connectivity index (χ0) is 20.5. The van der Waals surface area contributed by atoms with Crippen molar-refractivity contribution >= 4 is 0 Å². The van der Waals surface area contributed by atoms with Gasteiger partial charge in [0.15, 0.2) is 0 Å². The molecule has 1 unspecified atom stereocenters. The average molecular weight is 397 g/mol. The molecule has 0 fully saturated rings. The fourth-order valence-electron chi connectivity index (χ4n) is 4.08. The summed E-state index contributed by atoms with van der Waals surface area (Å²) in [6, 6.07) is 0. The van der Waals surface area contributed by atoms with Crippen LogP contribution in [0.25, 0.3) is 0 Å². The van der Waals surface area contributed by atoms with Crippen LogP contribution in [0.2, 0.25) is 0 Å². The van der Waals surface area contributed by atoms with Gasteiger partial charge in [0.2, 0.25) is 0 Å². The van der Waals surface area contributed by atoms with E-state index in [9.17, 15) is 0 Å². The third-order valence-electron chi connectivity index (χ3n) is 6.04. The monoisotopic (exact) mass is 396 g/mol. The van der Waals surface area contributed by atoms with Gasteiger partial charge in [-0.25, -0.2) is 0 Å². The van der Waals surface area contributed by atoms with Crippen LogP contribution >= 0.6 is 0 Å². The molecule has 0 saturated heterocycles. The van der Waals surface area contributed by atoms with Gasteiger partial charge in [0.25, 0.3) is 0 Å².